The molecule has 0 spiro atoms. The van der Waals surface area contributed by atoms with E-state index in [4.69, 9.17) is 12.2 Å². The highest BCUT2D eigenvalue weighted by Crippen LogP contribution is 2.35. The Balaban J connectivity index is 2.01. The number of fused-ring (bicyclic) bond motifs is 1. The van der Waals surface area contributed by atoms with Crippen molar-refractivity contribution in [3.05, 3.63) is 71.9 Å². The number of hydrogen-bond acceptors (Lipinski definition) is 3. The molecule has 0 radical (unpaired) electrons. The van der Waals surface area contributed by atoms with Crippen molar-refractivity contribution in [1.82, 2.24) is 9.88 Å². The summed E-state index contributed by atoms with van der Waals surface area (Å²) in [6.45, 7) is 0. The third-order valence-electron chi connectivity index (χ3n) is 3.78. The SMILES string of the molecule is CN(C)C(=S)S[C@@H](C(=O)c1c[nH]c2ccccc12)c1ccccc1. The predicted octanol–water partition coefficient (Wildman–Crippen LogP) is 4.67. The Morgan fingerprint density at radius 3 is 2.46 bits per heavy atom. The van der Waals surface area contributed by atoms with Gasteiger partial charge >= 0.3 is 0 Å². The zero-order chi connectivity index (χ0) is 17.1. The monoisotopic (exact) mass is 354 g/mol. The molecule has 1 heterocycles. The van der Waals surface area contributed by atoms with Gasteiger partial charge in [-0.05, 0) is 11.6 Å². The number of H-pyrrole nitrogens is 1. The summed E-state index contributed by atoms with van der Waals surface area (Å²) >= 11 is 6.84. The number of ketones is 1. The molecule has 2 aromatic carbocycles. The summed E-state index contributed by atoms with van der Waals surface area (Å²) in [5.74, 6) is 0.0628. The molecule has 122 valence electrons. The van der Waals surface area contributed by atoms with Crippen molar-refractivity contribution in [3.8, 4) is 0 Å². The van der Waals surface area contributed by atoms with Crippen LogP contribution < -0.4 is 0 Å². The van der Waals surface area contributed by atoms with Crippen molar-refractivity contribution >= 4 is 45.0 Å². The van der Waals surface area contributed by atoms with E-state index in [-0.39, 0.29) is 11.0 Å². The Bertz CT molecular complexity index is 871. The molecule has 0 aliphatic rings. The molecule has 0 fully saturated rings. The van der Waals surface area contributed by atoms with Crippen LogP contribution in [0, 0.1) is 0 Å². The van der Waals surface area contributed by atoms with Crippen LogP contribution in [0.2, 0.25) is 0 Å². The van der Waals surface area contributed by atoms with Crippen LogP contribution in [0.3, 0.4) is 0 Å². The molecule has 0 unspecified atom stereocenters. The second-order valence-electron chi connectivity index (χ2n) is 5.68. The van der Waals surface area contributed by atoms with Gasteiger partial charge < -0.3 is 9.88 Å². The Morgan fingerprint density at radius 1 is 1.08 bits per heavy atom. The Kier molecular flexibility index (Phi) is 5.02. The van der Waals surface area contributed by atoms with Crippen LogP contribution in [0.1, 0.15) is 21.2 Å². The van der Waals surface area contributed by atoms with Gasteiger partial charge in [-0.15, -0.1) is 0 Å². The number of aromatic amines is 1. The number of hydrogen-bond donors (Lipinski definition) is 1. The molecule has 0 aliphatic carbocycles. The number of benzene rings is 2. The van der Waals surface area contributed by atoms with Gasteiger partial charge in [0.25, 0.3) is 0 Å². The molecule has 1 aromatic heterocycles. The molecule has 24 heavy (non-hydrogen) atoms. The van der Waals surface area contributed by atoms with Crippen LogP contribution >= 0.6 is 24.0 Å². The van der Waals surface area contributed by atoms with Crippen LogP contribution in [0.5, 0.6) is 0 Å². The molecule has 3 rings (SSSR count). The molecule has 3 aromatic rings. The maximum Gasteiger partial charge on any atom is 0.182 e. The van der Waals surface area contributed by atoms with E-state index in [1.54, 1.807) is 6.20 Å². The number of carbonyl (C=O) groups excluding carboxylic acids is 1. The van der Waals surface area contributed by atoms with Crippen LogP contribution in [-0.4, -0.2) is 34.1 Å². The lowest BCUT2D eigenvalue weighted by molar-refractivity contribution is 0.0991. The summed E-state index contributed by atoms with van der Waals surface area (Å²) in [6, 6.07) is 17.6. The molecule has 0 bridgehead atoms. The quantitative estimate of drug-likeness (QED) is 0.545. The van der Waals surface area contributed by atoms with Crippen LogP contribution in [0.15, 0.2) is 60.8 Å². The van der Waals surface area contributed by atoms with Crippen LogP contribution in [0.25, 0.3) is 10.9 Å². The highest BCUT2D eigenvalue weighted by atomic mass is 32.2. The van der Waals surface area contributed by atoms with Crippen LogP contribution in [-0.2, 0) is 0 Å². The number of para-hydroxylation sites is 1. The minimum atomic E-state index is -0.361. The number of aromatic nitrogens is 1. The zero-order valence-electron chi connectivity index (χ0n) is 13.5. The lowest BCUT2D eigenvalue weighted by Gasteiger charge is -2.20. The van der Waals surface area contributed by atoms with Gasteiger partial charge in [0, 0.05) is 36.8 Å². The normalized spacial score (nSPS) is 12.1. The van der Waals surface area contributed by atoms with Gasteiger partial charge in [-0.25, -0.2) is 0 Å². The molecule has 0 saturated heterocycles. The van der Waals surface area contributed by atoms with Gasteiger partial charge in [-0.1, -0.05) is 72.5 Å². The molecule has 5 heteroatoms. The summed E-state index contributed by atoms with van der Waals surface area (Å²) in [6.07, 6.45) is 1.79. The highest BCUT2D eigenvalue weighted by molar-refractivity contribution is 8.23. The molecule has 0 aliphatic heterocycles. The van der Waals surface area contributed by atoms with Crippen molar-refractivity contribution in [2.24, 2.45) is 0 Å². The van der Waals surface area contributed by atoms with E-state index in [1.807, 2.05) is 73.6 Å². The largest absolute Gasteiger partial charge is 0.364 e. The minimum absolute atomic E-state index is 0.0628. The average Bonchev–Trinajstić information content (AvgIpc) is 3.03. The lowest BCUT2D eigenvalue weighted by Crippen LogP contribution is -2.20. The molecule has 0 amide bonds. The highest BCUT2D eigenvalue weighted by Gasteiger charge is 2.26. The first-order valence-corrected chi connectivity index (χ1v) is 8.90. The van der Waals surface area contributed by atoms with E-state index < -0.39 is 0 Å². The standard InChI is InChI=1S/C19H18N2OS2/c1-21(2)19(23)24-18(13-8-4-3-5-9-13)17(22)15-12-20-16-11-7-6-10-14(15)16/h3-12,18,20H,1-2H3/t18-/m1/s1. The summed E-state index contributed by atoms with van der Waals surface area (Å²) in [5, 5.41) is 0.583. The Hall–Kier alpha value is -2.11. The van der Waals surface area contributed by atoms with Gasteiger partial charge in [-0.2, -0.15) is 0 Å². The summed E-state index contributed by atoms with van der Waals surface area (Å²) in [7, 11) is 3.79. The van der Waals surface area contributed by atoms with E-state index in [2.05, 4.69) is 4.98 Å². The zero-order valence-corrected chi connectivity index (χ0v) is 15.2. The molecule has 1 atom stereocenters. The van der Waals surface area contributed by atoms with Crippen molar-refractivity contribution in [2.45, 2.75) is 5.25 Å². The number of thiocarbonyl (C=S) groups is 1. The number of rotatable bonds is 4. The average molecular weight is 355 g/mol. The number of carbonyl (C=O) groups is 1. The molecular weight excluding hydrogens is 336 g/mol. The smallest absolute Gasteiger partial charge is 0.182 e. The maximum atomic E-state index is 13.3. The summed E-state index contributed by atoms with van der Waals surface area (Å²) in [5.41, 5.74) is 2.63. The first-order valence-electron chi connectivity index (χ1n) is 7.61. The number of nitrogens with zero attached hydrogens (tertiary/aromatic N) is 1. The van der Waals surface area contributed by atoms with E-state index in [0.29, 0.717) is 9.88 Å². The second kappa shape index (κ2) is 7.20. The fraction of sp³-hybridized carbons (Fsp3) is 0.158. The van der Waals surface area contributed by atoms with Crippen molar-refractivity contribution in [2.75, 3.05) is 14.1 Å². The molecular formula is C19H18N2OS2. The summed E-state index contributed by atoms with van der Waals surface area (Å²) in [4.78, 5) is 18.3. The Labute approximate surface area is 151 Å². The maximum absolute atomic E-state index is 13.3. The predicted molar refractivity (Wildman–Crippen MR) is 106 cm³/mol. The number of Topliss-reactive ketones (excluding diaryl/α,β-unsaturated/α-hetero) is 1. The fourth-order valence-electron chi connectivity index (χ4n) is 2.52. The third kappa shape index (κ3) is 3.37. The molecule has 1 N–H and O–H groups in total. The molecule has 3 nitrogen and oxygen atoms in total. The van der Waals surface area contributed by atoms with Gasteiger partial charge in [0.15, 0.2) is 5.78 Å². The Morgan fingerprint density at radius 2 is 1.75 bits per heavy atom. The lowest BCUT2D eigenvalue weighted by atomic mass is 10.0. The van der Waals surface area contributed by atoms with Gasteiger partial charge in [-0.3, -0.25) is 4.79 Å². The van der Waals surface area contributed by atoms with E-state index in [0.717, 1.165) is 16.5 Å². The first kappa shape index (κ1) is 16.7. The van der Waals surface area contributed by atoms with E-state index >= 15 is 0 Å². The van der Waals surface area contributed by atoms with Crippen molar-refractivity contribution in [3.63, 3.8) is 0 Å². The van der Waals surface area contributed by atoms with Gasteiger partial charge in [0.05, 0.1) is 5.25 Å². The fourth-order valence-corrected chi connectivity index (χ4v) is 3.75. The molecule has 0 saturated carbocycles. The summed E-state index contributed by atoms with van der Waals surface area (Å²) < 4.78 is 0.692. The third-order valence-corrected chi connectivity index (χ3v) is 5.72. The number of nitrogens with one attached hydrogen (secondary N) is 1. The van der Waals surface area contributed by atoms with Gasteiger partial charge in [0.2, 0.25) is 0 Å². The topological polar surface area (TPSA) is 36.1 Å². The van der Waals surface area contributed by atoms with Crippen molar-refractivity contribution in [1.29, 1.82) is 0 Å². The first-order chi connectivity index (χ1) is 11.6. The second-order valence-corrected chi connectivity index (χ2v) is 7.42. The number of thioether (sulfide) groups is 1. The van der Waals surface area contributed by atoms with Gasteiger partial charge in [0.1, 0.15) is 4.32 Å². The van der Waals surface area contributed by atoms with Crippen LogP contribution in [0.4, 0.5) is 0 Å². The minimum Gasteiger partial charge on any atom is -0.364 e. The van der Waals surface area contributed by atoms with Crippen molar-refractivity contribution < 1.29 is 4.79 Å². The van der Waals surface area contributed by atoms with E-state index in [9.17, 15) is 4.79 Å². The van der Waals surface area contributed by atoms with E-state index in [1.165, 1.54) is 11.8 Å².